The minimum Gasteiger partial charge on any atom is -0.367 e. The van der Waals surface area contributed by atoms with Crippen molar-refractivity contribution in [2.45, 2.75) is 43.1 Å². The average Bonchev–Trinajstić information content (AvgIpc) is 3.89. The SMILES string of the molecule is CCN(Cc1cccc(S(=O)(=O)O)c1)c1ccc(N=Nc2nc3ccc(Cc4ccc5nc(N=Nc6ccc(N(CC)Cc7cccc(S(=O)(=O)O)c7)cc6)sc5c4)cc3s2)cc1. The van der Waals surface area contributed by atoms with Crippen LogP contribution in [0.3, 0.4) is 0 Å². The molecular weight excluding hydrogens is 877 g/mol. The van der Waals surface area contributed by atoms with Gasteiger partial charge in [-0.15, -0.1) is 20.5 Å². The van der Waals surface area contributed by atoms with Gasteiger partial charge in [-0.1, -0.05) is 59.1 Å². The second-order valence-corrected chi connectivity index (χ2v) is 19.3. The van der Waals surface area contributed by atoms with Crippen molar-refractivity contribution in [2.24, 2.45) is 20.5 Å². The van der Waals surface area contributed by atoms with E-state index in [-0.39, 0.29) is 9.79 Å². The summed E-state index contributed by atoms with van der Waals surface area (Å²) in [7, 11) is -8.56. The number of benzene rings is 6. The maximum absolute atomic E-state index is 11.6. The lowest BCUT2D eigenvalue weighted by atomic mass is 10.0. The zero-order valence-electron chi connectivity index (χ0n) is 34.0. The van der Waals surface area contributed by atoms with E-state index < -0.39 is 20.2 Å². The predicted octanol–water partition coefficient (Wildman–Crippen LogP) is 11.9. The quantitative estimate of drug-likeness (QED) is 0.0696. The molecule has 0 radical (unpaired) electrons. The van der Waals surface area contributed by atoms with Gasteiger partial charge in [-0.25, -0.2) is 9.97 Å². The molecule has 0 fully saturated rings. The minimum absolute atomic E-state index is 0.129. The highest BCUT2D eigenvalue weighted by atomic mass is 32.2. The highest BCUT2D eigenvalue weighted by molar-refractivity contribution is 7.86. The topological polar surface area (TPSA) is 190 Å². The van der Waals surface area contributed by atoms with Crippen LogP contribution in [0.1, 0.15) is 36.1 Å². The maximum atomic E-state index is 11.6. The van der Waals surface area contributed by atoms with Gasteiger partial charge in [0.1, 0.15) is 0 Å². The summed E-state index contributed by atoms with van der Waals surface area (Å²) in [5, 5.41) is 18.8. The van der Waals surface area contributed by atoms with E-state index in [4.69, 9.17) is 0 Å². The van der Waals surface area contributed by atoms with Crippen LogP contribution in [0.15, 0.2) is 164 Å². The van der Waals surface area contributed by atoms with Crippen LogP contribution in [-0.2, 0) is 39.7 Å². The van der Waals surface area contributed by atoms with Crippen LogP contribution in [-0.4, -0.2) is 49.0 Å². The molecule has 6 aromatic carbocycles. The van der Waals surface area contributed by atoms with Crippen LogP contribution in [0.5, 0.6) is 0 Å². The smallest absolute Gasteiger partial charge is 0.294 e. The summed E-state index contributed by atoms with van der Waals surface area (Å²) >= 11 is 2.94. The Labute approximate surface area is 372 Å². The molecular formula is C45H40N8O6S4. The second kappa shape index (κ2) is 18.6. The van der Waals surface area contributed by atoms with Gasteiger partial charge in [0.15, 0.2) is 0 Å². The Morgan fingerprint density at radius 1 is 0.508 bits per heavy atom. The normalized spacial score (nSPS) is 12.3. The Balaban J connectivity index is 0.878. The van der Waals surface area contributed by atoms with E-state index in [1.54, 1.807) is 12.1 Å². The summed E-state index contributed by atoms with van der Waals surface area (Å²) < 4.78 is 67.3. The fourth-order valence-corrected chi connectivity index (χ4v) is 9.74. The molecule has 14 nitrogen and oxygen atoms in total. The van der Waals surface area contributed by atoms with Crippen molar-refractivity contribution < 1.29 is 25.9 Å². The molecule has 0 bridgehead atoms. The Bertz CT molecular complexity index is 2990. The standard InChI is InChI=1S/C45H40N8O6S4/c1-3-52(28-32-7-5-9-38(24-32)62(54,55)56)36-17-13-34(14-18-36)48-50-44-46-40-21-11-30(26-42(40)60-44)23-31-12-22-41-43(27-31)61-45(47-41)51-49-35-15-19-37(20-16-35)53(4-2)29-33-8-6-10-39(25-33)63(57,58)59/h5-22,24-27H,3-4,23,28-29H2,1-2H3,(H,54,55,56)(H,57,58,59). The zero-order valence-corrected chi connectivity index (χ0v) is 37.2. The summed E-state index contributed by atoms with van der Waals surface area (Å²) in [4.78, 5) is 13.3. The number of hydrogen-bond acceptors (Lipinski definition) is 14. The maximum Gasteiger partial charge on any atom is 0.294 e. The minimum atomic E-state index is -4.28. The van der Waals surface area contributed by atoms with Gasteiger partial charge >= 0.3 is 0 Å². The number of thiazole rings is 2. The first kappa shape index (κ1) is 43.4. The van der Waals surface area contributed by atoms with Crippen molar-refractivity contribution in [3.63, 3.8) is 0 Å². The van der Waals surface area contributed by atoms with Crippen molar-refractivity contribution in [1.82, 2.24) is 9.97 Å². The summed E-state index contributed by atoms with van der Waals surface area (Å²) in [6.07, 6.45) is 0.718. The molecule has 320 valence electrons. The largest absolute Gasteiger partial charge is 0.367 e. The molecule has 0 spiro atoms. The Kier molecular flexibility index (Phi) is 12.8. The van der Waals surface area contributed by atoms with Gasteiger partial charge in [-0.2, -0.15) is 16.8 Å². The van der Waals surface area contributed by atoms with E-state index in [9.17, 15) is 25.9 Å². The number of aromatic nitrogens is 2. The molecule has 0 aliphatic carbocycles. The lowest BCUT2D eigenvalue weighted by Gasteiger charge is -2.23. The Hall–Kier alpha value is -6.28. The van der Waals surface area contributed by atoms with Crippen molar-refractivity contribution in [3.05, 3.63) is 156 Å². The van der Waals surface area contributed by atoms with Crippen LogP contribution in [0.4, 0.5) is 33.0 Å². The third-order valence-corrected chi connectivity index (χ3v) is 13.6. The summed E-state index contributed by atoms with van der Waals surface area (Å²) in [6, 6.07) is 40.2. The predicted molar refractivity (Wildman–Crippen MR) is 249 cm³/mol. The van der Waals surface area contributed by atoms with Gasteiger partial charge < -0.3 is 9.80 Å². The lowest BCUT2D eigenvalue weighted by Crippen LogP contribution is -2.22. The van der Waals surface area contributed by atoms with Crippen LogP contribution >= 0.6 is 22.7 Å². The van der Waals surface area contributed by atoms with E-state index >= 15 is 0 Å². The van der Waals surface area contributed by atoms with E-state index in [0.717, 1.165) is 60.5 Å². The van der Waals surface area contributed by atoms with Crippen LogP contribution < -0.4 is 9.80 Å². The van der Waals surface area contributed by atoms with Gasteiger partial charge in [0.2, 0.25) is 10.3 Å². The Morgan fingerprint density at radius 3 is 1.30 bits per heavy atom. The van der Waals surface area contributed by atoms with E-state index in [0.29, 0.717) is 47.8 Å². The molecule has 0 aliphatic heterocycles. The number of fused-ring (bicyclic) bond motifs is 2. The van der Waals surface area contributed by atoms with E-state index in [2.05, 4.69) is 64.5 Å². The van der Waals surface area contributed by atoms with Crippen molar-refractivity contribution >= 4 is 96.4 Å². The van der Waals surface area contributed by atoms with Crippen molar-refractivity contribution in [3.8, 4) is 0 Å². The first-order chi connectivity index (χ1) is 30.3. The molecule has 2 aromatic heterocycles. The van der Waals surface area contributed by atoms with Crippen molar-refractivity contribution in [1.29, 1.82) is 0 Å². The van der Waals surface area contributed by atoms with Crippen LogP contribution in [0.25, 0.3) is 20.4 Å². The van der Waals surface area contributed by atoms with Crippen molar-refractivity contribution in [2.75, 3.05) is 22.9 Å². The molecule has 0 unspecified atom stereocenters. The molecule has 63 heavy (non-hydrogen) atoms. The lowest BCUT2D eigenvalue weighted by molar-refractivity contribution is 0.481. The molecule has 18 heteroatoms. The summed E-state index contributed by atoms with van der Waals surface area (Å²) in [5.74, 6) is 0. The number of anilines is 2. The first-order valence-corrected chi connectivity index (χ1v) is 24.3. The summed E-state index contributed by atoms with van der Waals surface area (Å²) in [5.41, 5.74) is 8.70. The molecule has 0 amide bonds. The molecule has 8 aromatic rings. The van der Waals surface area contributed by atoms with Gasteiger partial charge in [0.25, 0.3) is 20.2 Å². The third kappa shape index (κ3) is 10.9. The van der Waals surface area contributed by atoms with Crippen LogP contribution in [0, 0.1) is 0 Å². The molecule has 0 aliphatic rings. The fourth-order valence-electron chi connectivity index (χ4n) is 6.94. The molecule has 0 saturated carbocycles. The number of rotatable bonds is 16. The number of hydrogen-bond donors (Lipinski definition) is 2. The Morgan fingerprint density at radius 2 is 0.921 bits per heavy atom. The second-order valence-electron chi connectivity index (χ2n) is 14.5. The molecule has 2 N–H and O–H groups in total. The zero-order chi connectivity index (χ0) is 44.1. The highest BCUT2D eigenvalue weighted by Gasteiger charge is 2.14. The summed E-state index contributed by atoms with van der Waals surface area (Å²) in [6.45, 7) is 6.33. The highest BCUT2D eigenvalue weighted by Crippen LogP contribution is 2.34. The fraction of sp³-hybridized carbons (Fsp3) is 0.156. The molecule has 0 atom stereocenters. The number of nitrogens with zero attached hydrogens (tertiary/aromatic N) is 8. The molecule has 0 saturated heterocycles. The van der Waals surface area contributed by atoms with Gasteiger partial charge in [0.05, 0.1) is 41.6 Å². The monoisotopic (exact) mass is 916 g/mol. The van der Waals surface area contributed by atoms with E-state index in [1.807, 2.05) is 86.6 Å². The molecule has 8 rings (SSSR count). The van der Waals surface area contributed by atoms with Crippen LogP contribution in [0.2, 0.25) is 0 Å². The number of azo groups is 2. The van der Waals surface area contributed by atoms with Gasteiger partial charge in [0, 0.05) is 37.6 Å². The average molecular weight is 917 g/mol. The van der Waals surface area contributed by atoms with Gasteiger partial charge in [-0.05, 0) is 140 Å². The van der Waals surface area contributed by atoms with Gasteiger partial charge in [-0.3, -0.25) is 9.11 Å². The molecule has 2 heterocycles. The van der Waals surface area contributed by atoms with E-state index in [1.165, 1.54) is 46.9 Å². The third-order valence-electron chi connectivity index (χ3n) is 10.1. The first-order valence-electron chi connectivity index (χ1n) is 19.7.